The molecule has 0 amide bonds. The van der Waals surface area contributed by atoms with Crippen molar-refractivity contribution < 1.29 is 8.42 Å². The summed E-state index contributed by atoms with van der Waals surface area (Å²) in [4.78, 5) is 4.11. The maximum Gasteiger partial charge on any atom is 0.265 e. The number of hydrogen-bond acceptors (Lipinski definition) is 5. The van der Waals surface area contributed by atoms with Crippen LogP contribution in [0.25, 0.3) is 0 Å². The molecule has 1 N–H and O–H groups in total. The molecule has 1 aromatic carbocycles. The largest absolute Gasteiger partial charge is 0.373 e. The molecular weight excluding hydrogens is 288 g/mol. The van der Waals surface area contributed by atoms with Crippen molar-refractivity contribution in [1.29, 1.82) is 5.26 Å². The zero-order valence-corrected chi connectivity index (χ0v) is 12.4. The van der Waals surface area contributed by atoms with Crippen LogP contribution in [0.4, 0.5) is 11.5 Å². The molecule has 0 unspecified atom stereocenters. The number of nitrogens with one attached hydrogen (secondary N) is 1. The smallest absolute Gasteiger partial charge is 0.265 e. The van der Waals surface area contributed by atoms with Crippen LogP contribution >= 0.6 is 0 Å². The number of nitriles is 1. The van der Waals surface area contributed by atoms with Crippen LogP contribution in [-0.4, -0.2) is 27.5 Å². The average Bonchev–Trinajstić information content (AvgIpc) is 2.54. The van der Waals surface area contributed by atoms with Crippen molar-refractivity contribution in [2.45, 2.75) is 4.90 Å². The van der Waals surface area contributed by atoms with Crippen molar-refractivity contribution in [2.75, 3.05) is 23.7 Å². The number of rotatable bonds is 4. The first-order chi connectivity index (χ1) is 9.98. The molecule has 1 aromatic heterocycles. The van der Waals surface area contributed by atoms with Gasteiger partial charge in [-0.15, -0.1) is 0 Å². The summed E-state index contributed by atoms with van der Waals surface area (Å²) in [5.74, 6) is 0.593. The van der Waals surface area contributed by atoms with Crippen molar-refractivity contribution in [3.63, 3.8) is 0 Å². The van der Waals surface area contributed by atoms with Gasteiger partial charge in [-0.3, -0.25) is 4.31 Å². The first-order valence-electron chi connectivity index (χ1n) is 6.12. The van der Waals surface area contributed by atoms with E-state index in [0.29, 0.717) is 17.1 Å². The van der Waals surface area contributed by atoms with E-state index >= 15 is 0 Å². The molecule has 0 aliphatic carbocycles. The van der Waals surface area contributed by atoms with Gasteiger partial charge >= 0.3 is 0 Å². The molecule has 0 atom stereocenters. The van der Waals surface area contributed by atoms with Gasteiger partial charge in [-0.05, 0) is 36.4 Å². The molecule has 21 heavy (non-hydrogen) atoms. The molecule has 0 saturated heterocycles. The Morgan fingerprint density at radius 1 is 1.19 bits per heavy atom. The number of sulfonamides is 1. The molecule has 0 fully saturated rings. The van der Waals surface area contributed by atoms with Crippen LogP contribution < -0.4 is 9.62 Å². The first-order valence-corrected chi connectivity index (χ1v) is 7.56. The molecule has 2 aromatic rings. The number of aromatic nitrogens is 1. The van der Waals surface area contributed by atoms with Crippen LogP contribution in [0.15, 0.2) is 47.5 Å². The van der Waals surface area contributed by atoms with Gasteiger partial charge in [0, 0.05) is 20.3 Å². The molecule has 2 rings (SSSR count). The van der Waals surface area contributed by atoms with Gasteiger partial charge in [0.25, 0.3) is 10.0 Å². The average molecular weight is 302 g/mol. The number of hydrogen-bond donors (Lipinski definition) is 1. The summed E-state index contributed by atoms with van der Waals surface area (Å²) in [6, 6.07) is 11.4. The van der Waals surface area contributed by atoms with E-state index in [9.17, 15) is 8.42 Å². The minimum absolute atomic E-state index is 0.105. The summed E-state index contributed by atoms with van der Waals surface area (Å²) in [6.45, 7) is 0. The van der Waals surface area contributed by atoms with Gasteiger partial charge in [0.2, 0.25) is 0 Å². The zero-order chi connectivity index (χ0) is 15.5. The van der Waals surface area contributed by atoms with E-state index in [-0.39, 0.29) is 4.90 Å². The summed E-state index contributed by atoms with van der Waals surface area (Å²) in [5.41, 5.74) is 0.955. The Hall–Kier alpha value is -2.59. The lowest BCUT2D eigenvalue weighted by Gasteiger charge is -2.19. The summed E-state index contributed by atoms with van der Waals surface area (Å²) in [5, 5.41) is 11.6. The highest BCUT2D eigenvalue weighted by molar-refractivity contribution is 7.92. The van der Waals surface area contributed by atoms with Crippen molar-refractivity contribution in [1.82, 2.24) is 4.98 Å². The molecule has 0 saturated carbocycles. The Morgan fingerprint density at radius 2 is 1.86 bits per heavy atom. The van der Waals surface area contributed by atoms with Gasteiger partial charge < -0.3 is 5.32 Å². The Bertz CT molecular complexity index is 762. The molecule has 1 heterocycles. The van der Waals surface area contributed by atoms with Crippen LogP contribution in [0.1, 0.15) is 5.56 Å². The van der Waals surface area contributed by atoms with E-state index in [1.807, 2.05) is 6.07 Å². The van der Waals surface area contributed by atoms with Gasteiger partial charge in [-0.1, -0.05) is 0 Å². The van der Waals surface area contributed by atoms with Gasteiger partial charge in [-0.25, -0.2) is 13.4 Å². The molecule has 0 aliphatic rings. The van der Waals surface area contributed by atoms with Gasteiger partial charge in [0.1, 0.15) is 10.7 Å². The van der Waals surface area contributed by atoms with E-state index in [1.54, 1.807) is 37.4 Å². The fraction of sp³-hybridized carbons (Fsp3) is 0.143. The lowest BCUT2D eigenvalue weighted by atomic mass is 10.2. The SMILES string of the molecule is CNc1ccc(S(=O)(=O)N(C)c2ccc(C#N)cc2)cn1. The molecular formula is C14H14N4O2S. The molecule has 6 nitrogen and oxygen atoms in total. The zero-order valence-electron chi connectivity index (χ0n) is 11.6. The number of anilines is 2. The lowest BCUT2D eigenvalue weighted by molar-refractivity contribution is 0.594. The Kier molecular flexibility index (Phi) is 4.10. The summed E-state index contributed by atoms with van der Waals surface area (Å²) >= 11 is 0. The molecule has 0 bridgehead atoms. The van der Waals surface area contributed by atoms with Crippen molar-refractivity contribution in [3.05, 3.63) is 48.2 Å². The summed E-state index contributed by atoms with van der Waals surface area (Å²) in [6.07, 6.45) is 1.31. The second-order valence-electron chi connectivity index (χ2n) is 4.26. The fourth-order valence-corrected chi connectivity index (χ4v) is 2.86. The van der Waals surface area contributed by atoms with E-state index in [0.717, 1.165) is 4.31 Å². The van der Waals surface area contributed by atoms with Crippen LogP contribution in [-0.2, 0) is 10.0 Å². The maximum atomic E-state index is 12.5. The normalized spacial score (nSPS) is 10.7. The predicted molar refractivity (Wildman–Crippen MR) is 80.5 cm³/mol. The molecule has 0 radical (unpaired) electrons. The van der Waals surface area contributed by atoms with Crippen LogP contribution in [0.3, 0.4) is 0 Å². The van der Waals surface area contributed by atoms with Crippen molar-refractivity contribution in [3.8, 4) is 6.07 Å². The number of benzene rings is 1. The lowest BCUT2D eigenvalue weighted by Crippen LogP contribution is -2.26. The second-order valence-corrected chi connectivity index (χ2v) is 6.23. The topological polar surface area (TPSA) is 86.1 Å². The third-order valence-electron chi connectivity index (χ3n) is 3.01. The molecule has 108 valence electrons. The highest BCUT2D eigenvalue weighted by atomic mass is 32.2. The van der Waals surface area contributed by atoms with E-state index < -0.39 is 10.0 Å². The third kappa shape index (κ3) is 2.95. The van der Waals surface area contributed by atoms with Crippen LogP contribution in [0, 0.1) is 11.3 Å². The highest BCUT2D eigenvalue weighted by Crippen LogP contribution is 2.22. The Morgan fingerprint density at radius 3 is 2.33 bits per heavy atom. The monoisotopic (exact) mass is 302 g/mol. The number of pyridine rings is 1. The van der Waals surface area contributed by atoms with Gasteiger partial charge in [0.05, 0.1) is 17.3 Å². The Labute approximate surface area is 123 Å². The minimum atomic E-state index is -3.68. The van der Waals surface area contributed by atoms with Gasteiger partial charge in [-0.2, -0.15) is 5.26 Å². The second kappa shape index (κ2) is 5.81. The standard InChI is InChI=1S/C14H14N4O2S/c1-16-14-8-7-13(10-17-14)21(19,20)18(2)12-5-3-11(9-15)4-6-12/h3-8,10H,1-2H3,(H,16,17). The fourth-order valence-electron chi connectivity index (χ4n) is 1.72. The third-order valence-corrected chi connectivity index (χ3v) is 4.78. The summed E-state index contributed by atoms with van der Waals surface area (Å²) < 4.78 is 26.1. The highest BCUT2D eigenvalue weighted by Gasteiger charge is 2.21. The number of nitrogens with zero attached hydrogens (tertiary/aromatic N) is 3. The van der Waals surface area contributed by atoms with E-state index in [2.05, 4.69) is 10.3 Å². The van der Waals surface area contributed by atoms with E-state index in [1.165, 1.54) is 19.3 Å². The van der Waals surface area contributed by atoms with Crippen molar-refractivity contribution >= 4 is 21.5 Å². The molecule has 0 spiro atoms. The molecule has 0 aliphatic heterocycles. The van der Waals surface area contributed by atoms with E-state index in [4.69, 9.17) is 5.26 Å². The Balaban J connectivity index is 2.34. The minimum Gasteiger partial charge on any atom is -0.373 e. The summed E-state index contributed by atoms with van der Waals surface area (Å²) in [7, 11) is -0.508. The van der Waals surface area contributed by atoms with Gasteiger partial charge in [0.15, 0.2) is 0 Å². The quantitative estimate of drug-likeness (QED) is 0.931. The van der Waals surface area contributed by atoms with Crippen LogP contribution in [0.5, 0.6) is 0 Å². The molecule has 7 heteroatoms. The van der Waals surface area contributed by atoms with Crippen molar-refractivity contribution in [2.24, 2.45) is 0 Å². The van der Waals surface area contributed by atoms with Crippen LogP contribution in [0.2, 0.25) is 0 Å². The first kappa shape index (κ1) is 14.8. The predicted octanol–water partition coefficient (Wildman–Crippen LogP) is 1.82. The maximum absolute atomic E-state index is 12.5.